The first kappa shape index (κ1) is 23.6. The standard InChI is InChI=1S/C24H30N4O4/c1-5-13-24(31-3,32-4)23-26-20(28(27-23)15-6-2)16-17-9-11-18(12-10-17)21-19(22(29)30)8-7-14-25-21/h7-12,14H,5-6,13,15-16H2,1-4H3,(H,29,30). The Labute approximate surface area is 188 Å². The molecule has 0 radical (unpaired) electrons. The minimum absolute atomic E-state index is 0.180. The molecule has 0 atom stereocenters. The fourth-order valence-electron chi connectivity index (χ4n) is 3.74. The van der Waals surface area contributed by atoms with Crippen LogP contribution in [-0.4, -0.2) is 45.0 Å². The second-order valence-corrected chi connectivity index (χ2v) is 7.56. The van der Waals surface area contributed by atoms with Crippen LogP contribution < -0.4 is 0 Å². The van der Waals surface area contributed by atoms with Crippen LogP contribution in [0.2, 0.25) is 0 Å². The largest absolute Gasteiger partial charge is 0.478 e. The van der Waals surface area contributed by atoms with Crippen LogP contribution in [0.4, 0.5) is 0 Å². The molecule has 8 nitrogen and oxygen atoms in total. The molecule has 0 saturated carbocycles. The highest BCUT2D eigenvalue weighted by atomic mass is 16.7. The molecule has 0 spiro atoms. The summed E-state index contributed by atoms with van der Waals surface area (Å²) in [5.41, 5.74) is 2.42. The van der Waals surface area contributed by atoms with Gasteiger partial charge in [0.2, 0.25) is 11.6 Å². The molecule has 2 aromatic heterocycles. The number of benzene rings is 1. The van der Waals surface area contributed by atoms with E-state index < -0.39 is 11.8 Å². The van der Waals surface area contributed by atoms with Crippen LogP contribution in [0.5, 0.6) is 0 Å². The zero-order valence-corrected chi connectivity index (χ0v) is 19.0. The molecule has 1 aromatic carbocycles. The predicted molar refractivity (Wildman–Crippen MR) is 120 cm³/mol. The van der Waals surface area contributed by atoms with Crippen molar-refractivity contribution in [2.24, 2.45) is 0 Å². The van der Waals surface area contributed by atoms with E-state index in [9.17, 15) is 9.90 Å². The lowest BCUT2D eigenvalue weighted by molar-refractivity contribution is -0.225. The highest BCUT2D eigenvalue weighted by Crippen LogP contribution is 2.29. The van der Waals surface area contributed by atoms with E-state index in [4.69, 9.17) is 19.6 Å². The second kappa shape index (κ2) is 10.5. The zero-order valence-electron chi connectivity index (χ0n) is 19.0. The Morgan fingerprint density at radius 3 is 2.41 bits per heavy atom. The van der Waals surface area contributed by atoms with Gasteiger partial charge in [-0.15, -0.1) is 0 Å². The highest BCUT2D eigenvalue weighted by molar-refractivity contribution is 5.94. The van der Waals surface area contributed by atoms with Gasteiger partial charge in [-0.3, -0.25) is 4.98 Å². The molecule has 170 valence electrons. The molecular weight excluding hydrogens is 408 g/mol. The van der Waals surface area contributed by atoms with Crippen LogP contribution in [0.15, 0.2) is 42.6 Å². The normalized spacial score (nSPS) is 11.6. The molecule has 3 aromatic rings. The lowest BCUT2D eigenvalue weighted by Gasteiger charge is -2.27. The summed E-state index contributed by atoms with van der Waals surface area (Å²) in [6.07, 6.45) is 4.62. The van der Waals surface area contributed by atoms with E-state index in [-0.39, 0.29) is 5.56 Å². The van der Waals surface area contributed by atoms with Gasteiger partial charge in [-0.2, -0.15) is 5.10 Å². The van der Waals surface area contributed by atoms with Crippen molar-refractivity contribution in [2.75, 3.05) is 14.2 Å². The molecule has 0 fully saturated rings. The maximum absolute atomic E-state index is 11.5. The van der Waals surface area contributed by atoms with Gasteiger partial charge in [0.15, 0.2) is 0 Å². The summed E-state index contributed by atoms with van der Waals surface area (Å²) in [4.78, 5) is 20.5. The molecule has 8 heteroatoms. The minimum Gasteiger partial charge on any atom is -0.478 e. The Kier molecular flexibility index (Phi) is 7.71. The molecule has 0 aliphatic carbocycles. The maximum atomic E-state index is 11.5. The van der Waals surface area contributed by atoms with Crippen molar-refractivity contribution in [2.45, 2.75) is 51.9 Å². The van der Waals surface area contributed by atoms with E-state index in [0.29, 0.717) is 24.4 Å². The quantitative estimate of drug-likeness (QED) is 0.446. The summed E-state index contributed by atoms with van der Waals surface area (Å²) in [5, 5.41) is 14.1. The highest BCUT2D eigenvalue weighted by Gasteiger charge is 2.36. The van der Waals surface area contributed by atoms with Crippen molar-refractivity contribution in [1.82, 2.24) is 19.7 Å². The molecule has 0 aliphatic rings. The zero-order chi connectivity index (χ0) is 23.1. The van der Waals surface area contributed by atoms with Crippen molar-refractivity contribution < 1.29 is 19.4 Å². The number of nitrogens with zero attached hydrogens (tertiary/aromatic N) is 4. The summed E-state index contributed by atoms with van der Waals surface area (Å²) in [5.74, 6) is -0.597. The first-order valence-corrected chi connectivity index (χ1v) is 10.8. The third-order valence-electron chi connectivity index (χ3n) is 5.39. The smallest absolute Gasteiger partial charge is 0.337 e. The van der Waals surface area contributed by atoms with Crippen LogP contribution in [0.3, 0.4) is 0 Å². The Bertz CT molecular complexity index is 1040. The number of hydrogen-bond donors (Lipinski definition) is 1. The van der Waals surface area contributed by atoms with E-state index in [1.807, 2.05) is 28.9 Å². The van der Waals surface area contributed by atoms with Gasteiger partial charge in [0.1, 0.15) is 5.82 Å². The van der Waals surface area contributed by atoms with Crippen LogP contribution >= 0.6 is 0 Å². The van der Waals surface area contributed by atoms with Gasteiger partial charge in [-0.1, -0.05) is 44.5 Å². The fraction of sp³-hybridized carbons (Fsp3) is 0.417. The van der Waals surface area contributed by atoms with E-state index in [1.165, 1.54) is 0 Å². The molecule has 32 heavy (non-hydrogen) atoms. The summed E-state index contributed by atoms with van der Waals surface area (Å²) >= 11 is 0. The average molecular weight is 439 g/mol. The predicted octanol–water partition coefficient (Wildman–Crippen LogP) is 4.28. The van der Waals surface area contributed by atoms with E-state index in [2.05, 4.69) is 18.8 Å². The molecule has 0 aliphatic heterocycles. The molecule has 1 N–H and O–H groups in total. The molecule has 0 amide bonds. The Balaban J connectivity index is 1.90. The van der Waals surface area contributed by atoms with Crippen LogP contribution in [0, 0.1) is 0 Å². The number of pyridine rings is 1. The third kappa shape index (κ3) is 4.87. The number of carboxylic acids is 1. The summed E-state index contributed by atoms with van der Waals surface area (Å²) in [6, 6.07) is 10.9. The van der Waals surface area contributed by atoms with Gasteiger partial charge in [0.05, 0.1) is 11.3 Å². The van der Waals surface area contributed by atoms with E-state index in [1.54, 1.807) is 32.5 Å². The summed E-state index contributed by atoms with van der Waals surface area (Å²) < 4.78 is 13.3. The van der Waals surface area contributed by atoms with Crippen LogP contribution in [0.25, 0.3) is 11.3 Å². The first-order chi connectivity index (χ1) is 15.5. The molecule has 0 saturated heterocycles. The SMILES string of the molecule is CCCn1nc(C(CCC)(OC)OC)nc1Cc1ccc(-c2ncccc2C(=O)O)cc1. The molecule has 2 heterocycles. The van der Waals surface area contributed by atoms with Gasteiger partial charge in [-0.25, -0.2) is 14.5 Å². The topological polar surface area (TPSA) is 99.4 Å². The number of aryl methyl sites for hydroxylation is 1. The number of ether oxygens (including phenoxy) is 2. The molecule has 0 bridgehead atoms. The van der Waals surface area contributed by atoms with Gasteiger partial charge < -0.3 is 14.6 Å². The van der Waals surface area contributed by atoms with E-state index >= 15 is 0 Å². The number of carbonyl (C=O) groups is 1. The number of aromatic nitrogens is 4. The number of rotatable bonds is 11. The summed E-state index contributed by atoms with van der Waals surface area (Å²) in [6.45, 7) is 4.90. The fourth-order valence-corrected chi connectivity index (χ4v) is 3.74. The lowest BCUT2D eigenvalue weighted by atomic mass is 10.0. The van der Waals surface area contributed by atoms with Crippen molar-refractivity contribution in [3.63, 3.8) is 0 Å². The number of aromatic carboxylic acids is 1. The Morgan fingerprint density at radius 2 is 1.81 bits per heavy atom. The lowest BCUT2D eigenvalue weighted by Crippen LogP contribution is -2.32. The third-order valence-corrected chi connectivity index (χ3v) is 5.39. The van der Waals surface area contributed by atoms with Gasteiger partial charge in [0, 0.05) is 45.4 Å². The van der Waals surface area contributed by atoms with Gasteiger partial charge in [0.25, 0.3) is 0 Å². The second-order valence-electron chi connectivity index (χ2n) is 7.56. The Morgan fingerprint density at radius 1 is 1.09 bits per heavy atom. The Hall–Kier alpha value is -3.10. The van der Waals surface area contributed by atoms with Crippen molar-refractivity contribution in [3.05, 3.63) is 65.4 Å². The van der Waals surface area contributed by atoms with Crippen LogP contribution in [-0.2, 0) is 28.2 Å². The molecule has 3 rings (SSSR count). The molecule has 0 unspecified atom stereocenters. The maximum Gasteiger partial charge on any atom is 0.337 e. The van der Waals surface area contributed by atoms with Crippen molar-refractivity contribution in [3.8, 4) is 11.3 Å². The monoisotopic (exact) mass is 438 g/mol. The van der Waals surface area contributed by atoms with E-state index in [0.717, 1.165) is 36.3 Å². The van der Waals surface area contributed by atoms with Gasteiger partial charge in [-0.05, 0) is 24.1 Å². The average Bonchev–Trinajstić information content (AvgIpc) is 3.21. The van der Waals surface area contributed by atoms with Crippen molar-refractivity contribution >= 4 is 5.97 Å². The van der Waals surface area contributed by atoms with Crippen molar-refractivity contribution in [1.29, 1.82) is 0 Å². The van der Waals surface area contributed by atoms with Gasteiger partial charge >= 0.3 is 5.97 Å². The minimum atomic E-state index is -0.996. The summed E-state index contributed by atoms with van der Waals surface area (Å²) in [7, 11) is 3.22. The number of carboxylic acid groups (broad SMARTS) is 1. The first-order valence-electron chi connectivity index (χ1n) is 10.8. The van der Waals surface area contributed by atoms with Crippen LogP contribution in [0.1, 0.15) is 60.7 Å². The molecular formula is C24H30N4O4. The number of hydrogen-bond acceptors (Lipinski definition) is 6. The number of methoxy groups -OCH3 is 2.